The maximum atomic E-state index is 11.5. The molecule has 2 unspecified atom stereocenters. The molecule has 0 saturated carbocycles. The van der Waals surface area contributed by atoms with E-state index in [1.165, 1.54) is 0 Å². The molecule has 0 radical (unpaired) electrons. The zero-order valence-electron chi connectivity index (χ0n) is 13.3. The molecule has 5 nitrogen and oxygen atoms in total. The van der Waals surface area contributed by atoms with Crippen molar-refractivity contribution in [3.05, 3.63) is 0 Å². The summed E-state index contributed by atoms with van der Waals surface area (Å²) < 4.78 is 5.21. The molecule has 0 amide bonds. The lowest BCUT2D eigenvalue weighted by Crippen LogP contribution is -2.54. The van der Waals surface area contributed by atoms with Gasteiger partial charge in [-0.15, -0.1) is 0 Å². The number of rotatable bonds is 8. The molecule has 1 saturated heterocycles. The lowest BCUT2D eigenvalue weighted by molar-refractivity contribution is -0.145. The second-order valence-corrected chi connectivity index (χ2v) is 6.16. The smallest absolute Gasteiger partial charge is 0.323 e. The van der Waals surface area contributed by atoms with Crippen molar-refractivity contribution in [1.82, 2.24) is 10.2 Å². The summed E-state index contributed by atoms with van der Waals surface area (Å²) in [6.07, 6.45) is 2.91. The molecule has 2 atom stereocenters. The van der Waals surface area contributed by atoms with Gasteiger partial charge in [0, 0.05) is 19.8 Å². The second-order valence-electron chi connectivity index (χ2n) is 6.16. The Morgan fingerprint density at radius 1 is 1.50 bits per heavy atom. The monoisotopic (exact) mass is 286 g/mol. The van der Waals surface area contributed by atoms with Gasteiger partial charge < -0.3 is 20.1 Å². The van der Waals surface area contributed by atoms with E-state index in [4.69, 9.17) is 4.74 Å². The van der Waals surface area contributed by atoms with Crippen LogP contribution in [0.1, 0.15) is 40.0 Å². The van der Waals surface area contributed by atoms with Gasteiger partial charge in [-0.25, -0.2) is 0 Å². The summed E-state index contributed by atoms with van der Waals surface area (Å²) in [6, 6.07) is 0.277. The van der Waals surface area contributed by atoms with E-state index in [-0.39, 0.29) is 6.04 Å². The second kappa shape index (κ2) is 7.96. The number of hydrogen-bond acceptors (Lipinski definition) is 4. The highest BCUT2D eigenvalue weighted by Crippen LogP contribution is 2.23. The highest BCUT2D eigenvalue weighted by Gasteiger charge is 2.35. The quantitative estimate of drug-likeness (QED) is 0.709. The molecule has 1 aliphatic rings. The van der Waals surface area contributed by atoms with Gasteiger partial charge in [0.2, 0.25) is 0 Å². The average Bonchev–Trinajstić information content (AvgIpc) is 2.40. The van der Waals surface area contributed by atoms with Crippen molar-refractivity contribution >= 4 is 5.97 Å². The van der Waals surface area contributed by atoms with E-state index in [2.05, 4.69) is 17.1 Å². The van der Waals surface area contributed by atoms with Crippen LogP contribution in [0.2, 0.25) is 0 Å². The largest absolute Gasteiger partial charge is 0.480 e. The molecule has 0 aliphatic carbocycles. The lowest BCUT2D eigenvalue weighted by atomic mass is 9.90. The minimum Gasteiger partial charge on any atom is -0.480 e. The van der Waals surface area contributed by atoms with Gasteiger partial charge in [-0.1, -0.05) is 6.92 Å². The summed E-state index contributed by atoms with van der Waals surface area (Å²) in [5, 5.41) is 12.5. The standard InChI is InChI=1S/C15H30N2O3/c1-5-16-15(3,14(18)19)10-12(2)17-8-6-13(7-9-17)11-20-4/h12-13,16H,5-11H2,1-4H3,(H,18,19). The third-order valence-electron chi connectivity index (χ3n) is 4.42. The summed E-state index contributed by atoms with van der Waals surface area (Å²) in [5.74, 6) is -0.108. The van der Waals surface area contributed by atoms with E-state index in [1.54, 1.807) is 14.0 Å². The number of nitrogens with zero attached hydrogens (tertiary/aromatic N) is 1. The zero-order valence-corrected chi connectivity index (χ0v) is 13.3. The van der Waals surface area contributed by atoms with Crippen molar-refractivity contribution in [2.75, 3.05) is 33.4 Å². The summed E-state index contributed by atoms with van der Waals surface area (Å²) in [5.41, 5.74) is -0.836. The van der Waals surface area contributed by atoms with Crippen molar-refractivity contribution < 1.29 is 14.6 Å². The predicted molar refractivity (Wildman–Crippen MR) is 80.0 cm³/mol. The van der Waals surface area contributed by atoms with Gasteiger partial charge in [-0.05, 0) is 58.7 Å². The van der Waals surface area contributed by atoms with E-state index in [1.807, 2.05) is 6.92 Å². The van der Waals surface area contributed by atoms with Crippen LogP contribution in [0.15, 0.2) is 0 Å². The zero-order chi connectivity index (χ0) is 15.2. The molecule has 1 aliphatic heterocycles. The van der Waals surface area contributed by atoms with E-state index in [0.717, 1.165) is 32.5 Å². The third-order valence-corrected chi connectivity index (χ3v) is 4.42. The number of ether oxygens (including phenoxy) is 1. The Labute approximate surface area is 122 Å². The van der Waals surface area contributed by atoms with Gasteiger partial charge >= 0.3 is 5.97 Å². The topological polar surface area (TPSA) is 61.8 Å². The molecule has 0 aromatic rings. The van der Waals surface area contributed by atoms with Crippen LogP contribution in [-0.4, -0.2) is 60.9 Å². The number of carboxylic acids is 1. The molecule has 0 spiro atoms. The number of nitrogens with one attached hydrogen (secondary N) is 1. The van der Waals surface area contributed by atoms with Crippen LogP contribution in [0.4, 0.5) is 0 Å². The highest BCUT2D eigenvalue weighted by atomic mass is 16.5. The summed E-state index contributed by atoms with van der Waals surface area (Å²) in [6.45, 7) is 9.45. The Kier molecular flexibility index (Phi) is 6.92. The molecular formula is C15H30N2O3. The number of likely N-dealkylation sites (N-methyl/N-ethyl adjacent to an activating group) is 1. The molecular weight excluding hydrogens is 256 g/mol. The van der Waals surface area contributed by atoms with Crippen LogP contribution in [-0.2, 0) is 9.53 Å². The first-order valence-corrected chi connectivity index (χ1v) is 7.64. The van der Waals surface area contributed by atoms with E-state index in [9.17, 15) is 9.90 Å². The Hall–Kier alpha value is -0.650. The fourth-order valence-corrected chi connectivity index (χ4v) is 3.14. The van der Waals surface area contributed by atoms with Crippen molar-refractivity contribution in [1.29, 1.82) is 0 Å². The molecule has 5 heteroatoms. The van der Waals surface area contributed by atoms with Gasteiger partial charge in [-0.3, -0.25) is 4.79 Å². The van der Waals surface area contributed by atoms with Crippen LogP contribution in [0.5, 0.6) is 0 Å². The van der Waals surface area contributed by atoms with Gasteiger partial charge in [0.05, 0.1) is 0 Å². The minimum atomic E-state index is -0.836. The Morgan fingerprint density at radius 2 is 2.10 bits per heavy atom. The van der Waals surface area contributed by atoms with Gasteiger partial charge in [-0.2, -0.15) is 0 Å². The van der Waals surface area contributed by atoms with Gasteiger partial charge in [0.15, 0.2) is 0 Å². The molecule has 118 valence electrons. The molecule has 2 N–H and O–H groups in total. The maximum absolute atomic E-state index is 11.5. The van der Waals surface area contributed by atoms with Crippen LogP contribution >= 0.6 is 0 Å². The first kappa shape index (κ1) is 17.4. The maximum Gasteiger partial charge on any atom is 0.323 e. The first-order valence-electron chi connectivity index (χ1n) is 7.64. The van der Waals surface area contributed by atoms with E-state index >= 15 is 0 Å². The van der Waals surface area contributed by atoms with Gasteiger partial charge in [0.25, 0.3) is 0 Å². The number of piperidine rings is 1. The molecule has 1 fully saturated rings. The Bertz CT molecular complexity index is 303. The van der Waals surface area contributed by atoms with Crippen molar-refractivity contribution in [3.8, 4) is 0 Å². The number of likely N-dealkylation sites (tertiary alicyclic amines) is 1. The Morgan fingerprint density at radius 3 is 2.55 bits per heavy atom. The molecule has 0 aromatic heterocycles. The number of carbonyl (C=O) groups is 1. The van der Waals surface area contributed by atoms with Crippen LogP contribution in [0.25, 0.3) is 0 Å². The van der Waals surface area contributed by atoms with Gasteiger partial charge in [0.1, 0.15) is 5.54 Å². The Balaban J connectivity index is 2.50. The van der Waals surface area contributed by atoms with Crippen LogP contribution in [0, 0.1) is 5.92 Å². The normalized spacial score (nSPS) is 22.4. The van der Waals surface area contributed by atoms with E-state index in [0.29, 0.717) is 18.9 Å². The number of aliphatic carboxylic acids is 1. The minimum absolute atomic E-state index is 0.277. The molecule has 1 heterocycles. The van der Waals surface area contributed by atoms with Crippen molar-refractivity contribution in [2.24, 2.45) is 5.92 Å². The van der Waals surface area contributed by atoms with Crippen LogP contribution < -0.4 is 5.32 Å². The highest BCUT2D eigenvalue weighted by molar-refractivity contribution is 5.78. The molecule has 0 bridgehead atoms. The summed E-state index contributed by atoms with van der Waals surface area (Å²) in [7, 11) is 1.75. The average molecular weight is 286 g/mol. The predicted octanol–water partition coefficient (Wildman–Crippen LogP) is 1.58. The lowest BCUT2D eigenvalue weighted by Gasteiger charge is -2.39. The first-order chi connectivity index (χ1) is 9.42. The molecule has 1 rings (SSSR count). The summed E-state index contributed by atoms with van der Waals surface area (Å²) in [4.78, 5) is 13.9. The molecule has 0 aromatic carbocycles. The molecule has 20 heavy (non-hydrogen) atoms. The number of methoxy groups -OCH3 is 1. The third kappa shape index (κ3) is 4.72. The fraction of sp³-hybridized carbons (Fsp3) is 0.933. The van der Waals surface area contributed by atoms with Crippen molar-refractivity contribution in [3.63, 3.8) is 0 Å². The van der Waals surface area contributed by atoms with Crippen molar-refractivity contribution in [2.45, 2.75) is 51.6 Å². The summed E-state index contributed by atoms with van der Waals surface area (Å²) >= 11 is 0. The fourth-order valence-electron chi connectivity index (χ4n) is 3.14. The SMILES string of the molecule is CCNC(C)(CC(C)N1CCC(COC)CC1)C(=O)O. The number of carboxylic acid groups (broad SMARTS) is 1. The number of hydrogen-bond donors (Lipinski definition) is 2. The van der Waals surface area contributed by atoms with Crippen LogP contribution in [0.3, 0.4) is 0 Å². The van der Waals surface area contributed by atoms with E-state index < -0.39 is 11.5 Å².